The Balaban J connectivity index is 1.66. The summed E-state index contributed by atoms with van der Waals surface area (Å²) in [6.07, 6.45) is 1.79. The van der Waals surface area contributed by atoms with Gasteiger partial charge >= 0.3 is 0 Å². The fourth-order valence-electron chi connectivity index (χ4n) is 2.39. The summed E-state index contributed by atoms with van der Waals surface area (Å²) in [7, 11) is 0. The molecule has 0 unspecified atom stereocenters. The van der Waals surface area contributed by atoms with Crippen molar-refractivity contribution in [2.24, 2.45) is 0 Å². The van der Waals surface area contributed by atoms with Gasteiger partial charge in [-0.05, 0) is 30.3 Å². The predicted molar refractivity (Wildman–Crippen MR) is 88.7 cm³/mol. The highest BCUT2D eigenvalue weighted by Gasteiger charge is 2.11. The van der Waals surface area contributed by atoms with E-state index in [1.165, 1.54) is 0 Å². The average molecular weight is 317 g/mol. The Hall–Kier alpha value is -2.11. The summed E-state index contributed by atoms with van der Waals surface area (Å²) in [6, 6.07) is 10.6. The molecular weight excluding hydrogens is 300 g/mol. The number of amides is 1. The van der Waals surface area contributed by atoms with Crippen molar-refractivity contribution in [3.63, 3.8) is 0 Å². The van der Waals surface area contributed by atoms with Crippen molar-refractivity contribution in [2.45, 2.75) is 0 Å². The minimum absolute atomic E-state index is 0.218. The standard InChI is InChI=1S/C16H17ClN4O/c17-13-3-1-2-12(10-13)16(22)20-15-5-4-14(11-19-15)21-8-6-18-7-9-21/h1-5,10-11,18H,6-9H2,(H,19,20,22). The molecule has 1 aliphatic rings. The highest BCUT2D eigenvalue weighted by atomic mass is 35.5. The topological polar surface area (TPSA) is 57.3 Å². The van der Waals surface area contributed by atoms with Gasteiger partial charge < -0.3 is 15.5 Å². The fourth-order valence-corrected chi connectivity index (χ4v) is 2.58. The van der Waals surface area contributed by atoms with Gasteiger partial charge in [0.15, 0.2) is 0 Å². The lowest BCUT2D eigenvalue weighted by Crippen LogP contribution is -2.43. The van der Waals surface area contributed by atoms with Gasteiger partial charge in [-0.1, -0.05) is 17.7 Å². The van der Waals surface area contributed by atoms with Crippen molar-refractivity contribution in [2.75, 3.05) is 36.4 Å². The lowest BCUT2D eigenvalue weighted by molar-refractivity contribution is 0.102. The van der Waals surface area contributed by atoms with Crippen molar-refractivity contribution in [3.8, 4) is 0 Å². The zero-order chi connectivity index (χ0) is 15.4. The molecule has 6 heteroatoms. The van der Waals surface area contributed by atoms with Crippen LogP contribution in [-0.4, -0.2) is 37.1 Å². The van der Waals surface area contributed by atoms with E-state index in [0.29, 0.717) is 16.4 Å². The molecule has 0 spiro atoms. The van der Waals surface area contributed by atoms with E-state index in [-0.39, 0.29) is 5.91 Å². The average Bonchev–Trinajstić information content (AvgIpc) is 2.56. The zero-order valence-corrected chi connectivity index (χ0v) is 12.8. The van der Waals surface area contributed by atoms with E-state index in [4.69, 9.17) is 11.6 Å². The first-order valence-electron chi connectivity index (χ1n) is 7.21. The molecule has 1 aromatic carbocycles. The summed E-state index contributed by atoms with van der Waals surface area (Å²) in [5.41, 5.74) is 1.59. The maximum Gasteiger partial charge on any atom is 0.256 e. The SMILES string of the molecule is O=C(Nc1ccc(N2CCNCC2)cn1)c1cccc(Cl)c1. The Morgan fingerprint density at radius 3 is 2.73 bits per heavy atom. The normalized spacial score (nSPS) is 14.7. The number of carbonyl (C=O) groups excluding carboxylic acids is 1. The Labute approximate surface area is 134 Å². The molecule has 1 fully saturated rings. The monoisotopic (exact) mass is 316 g/mol. The van der Waals surface area contributed by atoms with Crippen LogP contribution < -0.4 is 15.5 Å². The molecule has 3 rings (SSSR count). The van der Waals surface area contributed by atoms with Crippen LogP contribution >= 0.6 is 11.6 Å². The summed E-state index contributed by atoms with van der Waals surface area (Å²) >= 11 is 5.89. The Morgan fingerprint density at radius 1 is 1.23 bits per heavy atom. The molecule has 22 heavy (non-hydrogen) atoms. The highest BCUT2D eigenvalue weighted by Crippen LogP contribution is 2.17. The van der Waals surface area contributed by atoms with Crippen LogP contribution in [0, 0.1) is 0 Å². The number of pyridine rings is 1. The second-order valence-corrected chi connectivity index (χ2v) is 5.54. The molecule has 1 aromatic heterocycles. The van der Waals surface area contributed by atoms with Gasteiger partial charge in [0.05, 0.1) is 11.9 Å². The van der Waals surface area contributed by atoms with Gasteiger partial charge in [0.25, 0.3) is 5.91 Å². The van der Waals surface area contributed by atoms with Crippen LogP contribution in [0.3, 0.4) is 0 Å². The summed E-state index contributed by atoms with van der Waals surface area (Å²) in [6.45, 7) is 3.90. The van der Waals surface area contributed by atoms with Gasteiger partial charge in [-0.3, -0.25) is 4.79 Å². The molecule has 1 aliphatic heterocycles. The first-order valence-corrected chi connectivity index (χ1v) is 7.59. The lowest BCUT2D eigenvalue weighted by Gasteiger charge is -2.29. The lowest BCUT2D eigenvalue weighted by atomic mass is 10.2. The molecule has 0 saturated carbocycles. The number of benzene rings is 1. The van der Waals surface area contributed by atoms with E-state index in [0.717, 1.165) is 31.9 Å². The van der Waals surface area contributed by atoms with Crippen LogP contribution in [0.15, 0.2) is 42.6 Å². The van der Waals surface area contributed by atoms with Crippen LogP contribution in [0.5, 0.6) is 0 Å². The van der Waals surface area contributed by atoms with Gasteiger partial charge in [0.2, 0.25) is 0 Å². The van der Waals surface area contributed by atoms with E-state index in [1.54, 1.807) is 30.5 Å². The number of aromatic nitrogens is 1. The molecule has 114 valence electrons. The number of halogens is 1. The minimum atomic E-state index is -0.218. The van der Waals surface area contributed by atoms with Gasteiger partial charge in [-0.2, -0.15) is 0 Å². The number of hydrogen-bond acceptors (Lipinski definition) is 4. The second-order valence-electron chi connectivity index (χ2n) is 5.10. The van der Waals surface area contributed by atoms with E-state index in [9.17, 15) is 4.79 Å². The molecular formula is C16H17ClN4O. The van der Waals surface area contributed by atoms with Crippen molar-refractivity contribution in [1.29, 1.82) is 0 Å². The fraction of sp³-hybridized carbons (Fsp3) is 0.250. The molecule has 1 amide bonds. The third kappa shape index (κ3) is 3.55. The Kier molecular flexibility index (Phi) is 4.56. The first-order chi connectivity index (χ1) is 10.7. The molecule has 0 aliphatic carbocycles. The maximum absolute atomic E-state index is 12.1. The van der Waals surface area contributed by atoms with Gasteiger partial charge in [-0.25, -0.2) is 4.98 Å². The van der Waals surface area contributed by atoms with Crippen LogP contribution in [0.2, 0.25) is 5.02 Å². The zero-order valence-electron chi connectivity index (χ0n) is 12.1. The molecule has 0 radical (unpaired) electrons. The summed E-state index contributed by atoms with van der Waals surface area (Å²) in [4.78, 5) is 18.7. The smallest absolute Gasteiger partial charge is 0.256 e. The molecule has 2 N–H and O–H groups in total. The molecule has 0 bridgehead atoms. The van der Waals surface area contributed by atoms with Crippen molar-refractivity contribution >= 4 is 29.0 Å². The van der Waals surface area contributed by atoms with Crippen LogP contribution in [0.1, 0.15) is 10.4 Å². The van der Waals surface area contributed by atoms with Crippen LogP contribution in [0.25, 0.3) is 0 Å². The summed E-state index contributed by atoms with van der Waals surface area (Å²) in [5, 5.41) is 6.63. The Morgan fingerprint density at radius 2 is 2.05 bits per heavy atom. The second kappa shape index (κ2) is 6.77. The number of piperazine rings is 1. The van der Waals surface area contributed by atoms with Crippen LogP contribution in [-0.2, 0) is 0 Å². The van der Waals surface area contributed by atoms with E-state index in [1.807, 2.05) is 12.1 Å². The highest BCUT2D eigenvalue weighted by molar-refractivity contribution is 6.31. The minimum Gasteiger partial charge on any atom is -0.368 e. The van der Waals surface area contributed by atoms with Crippen molar-refractivity contribution in [3.05, 3.63) is 53.2 Å². The third-order valence-corrected chi connectivity index (χ3v) is 3.79. The van der Waals surface area contributed by atoms with E-state index >= 15 is 0 Å². The Bertz CT molecular complexity index is 653. The number of nitrogens with zero attached hydrogens (tertiary/aromatic N) is 2. The number of hydrogen-bond donors (Lipinski definition) is 2. The predicted octanol–water partition coefficient (Wildman–Crippen LogP) is 2.40. The van der Waals surface area contributed by atoms with Gasteiger partial charge in [0.1, 0.15) is 5.82 Å². The largest absolute Gasteiger partial charge is 0.368 e. The summed E-state index contributed by atoms with van der Waals surface area (Å²) < 4.78 is 0. The molecule has 2 heterocycles. The molecule has 2 aromatic rings. The number of rotatable bonds is 3. The van der Waals surface area contributed by atoms with Crippen molar-refractivity contribution < 1.29 is 4.79 Å². The quantitative estimate of drug-likeness (QED) is 0.913. The third-order valence-electron chi connectivity index (χ3n) is 3.56. The number of carbonyl (C=O) groups is 1. The van der Waals surface area contributed by atoms with E-state index < -0.39 is 0 Å². The number of nitrogens with one attached hydrogen (secondary N) is 2. The molecule has 1 saturated heterocycles. The van der Waals surface area contributed by atoms with Crippen molar-refractivity contribution in [1.82, 2.24) is 10.3 Å². The number of anilines is 2. The molecule has 0 atom stereocenters. The summed E-state index contributed by atoms with van der Waals surface area (Å²) in [5.74, 6) is 0.314. The maximum atomic E-state index is 12.1. The van der Waals surface area contributed by atoms with Crippen LogP contribution in [0.4, 0.5) is 11.5 Å². The van der Waals surface area contributed by atoms with Gasteiger partial charge in [0, 0.05) is 36.8 Å². The first kappa shape index (κ1) is 14.8. The van der Waals surface area contributed by atoms with E-state index in [2.05, 4.69) is 20.5 Å². The van der Waals surface area contributed by atoms with Gasteiger partial charge in [-0.15, -0.1) is 0 Å². The molecule has 5 nitrogen and oxygen atoms in total.